The molecule has 0 saturated heterocycles. The van der Waals surface area contributed by atoms with E-state index in [0.717, 1.165) is 0 Å². The van der Waals surface area contributed by atoms with Gasteiger partial charge in [0.25, 0.3) is 0 Å². The van der Waals surface area contributed by atoms with Gasteiger partial charge in [-0.15, -0.1) is 0 Å². The monoisotopic (exact) mass is 205 g/mol. The van der Waals surface area contributed by atoms with E-state index >= 15 is 0 Å². The van der Waals surface area contributed by atoms with Gasteiger partial charge in [-0.3, -0.25) is 0 Å². The minimum atomic E-state index is 0.157. The van der Waals surface area contributed by atoms with Gasteiger partial charge in [0.15, 0.2) is 5.65 Å². The standard InChI is InChI=1S/C9H11N5O/c1-2-3-4-15-8-6-7(12-5-11-6)13-9(10)14-8/h2-3,5H,4H2,1H3,(H3,10,11,12,13,14). The topological polar surface area (TPSA) is 89.7 Å². The van der Waals surface area contributed by atoms with Crippen molar-refractivity contribution in [2.45, 2.75) is 6.92 Å². The number of fused-ring (bicyclic) bond motifs is 1. The van der Waals surface area contributed by atoms with Crippen LogP contribution >= 0.6 is 0 Å². The maximum atomic E-state index is 5.51. The number of nitrogens with zero attached hydrogens (tertiary/aromatic N) is 3. The third kappa shape index (κ3) is 1.88. The number of nitrogen functional groups attached to an aromatic ring is 1. The zero-order chi connectivity index (χ0) is 10.7. The van der Waals surface area contributed by atoms with Crippen molar-refractivity contribution in [3.8, 4) is 5.88 Å². The highest BCUT2D eigenvalue weighted by Crippen LogP contribution is 2.19. The van der Waals surface area contributed by atoms with Crippen molar-refractivity contribution < 1.29 is 4.74 Å². The smallest absolute Gasteiger partial charge is 0.245 e. The Kier molecular flexibility index (Phi) is 2.49. The fourth-order valence-corrected chi connectivity index (χ4v) is 1.15. The van der Waals surface area contributed by atoms with Gasteiger partial charge in [-0.25, -0.2) is 4.98 Å². The number of allylic oxidation sites excluding steroid dienone is 1. The Morgan fingerprint density at radius 2 is 2.40 bits per heavy atom. The largest absolute Gasteiger partial charge is 0.472 e. The molecule has 2 aromatic heterocycles. The maximum absolute atomic E-state index is 5.51. The molecule has 0 saturated carbocycles. The molecule has 0 aromatic carbocycles. The lowest BCUT2D eigenvalue weighted by Crippen LogP contribution is -2.01. The van der Waals surface area contributed by atoms with E-state index in [2.05, 4.69) is 19.9 Å². The van der Waals surface area contributed by atoms with E-state index in [-0.39, 0.29) is 5.95 Å². The predicted molar refractivity (Wildman–Crippen MR) is 56.4 cm³/mol. The molecule has 0 bridgehead atoms. The Morgan fingerprint density at radius 3 is 3.20 bits per heavy atom. The van der Waals surface area contributed by atoms with Crippen molar-refractivity contribution in [2.24, 2.45) is 0 Å². The van der Waals surface area contributed by atoms with E-state index in [1.807, 2.05) is 19.1 Å². The van der Waals surface area contributed by atoms with Crippen LogP contribution in [0, 0.1) is 0 Å². The van der Waals surface area contributed by atoms with E-state index in [9.17, 15) is 0 Å². The fraction of sp³-hybridized carbons (Fsp3) is 0.222. The van der Waals surface area contributed by atoms with Crippen LogP contribution in [-0.2, 0) is 0 Å². The van der Waals surface area contributed by atoms with Crippen LogP contribution in [0.5, 0.6) is 5.88 Å². The first-order valence-corrected chi connectivity index (χ1v) is 4.52. The predicted octanol–water partition coefficient (Wildman–Crippen LogP) is 0.890. The Morgan fingerprint density at radius 1 is 1.53 bits per heavy atom. The molecule has 0 radical (unpaired) electrons. The number of rotatable bonds is 3. The lowest BCUT2D eigenvalue weighted by Gasteiger charge is -2.03. The Hall–Kier alpha value is -2.11. The number of hydrogen-bond acceptors (Lipinski definition) is 5. The van der Waals surface area contributed by atoms with E-state index < -0.39 is 0 Å². The number of H-pyrrole nitrogens is 1. The maximum Gasteiger partial charge on any atom is 0.245 e. The highest BCUT2D eigenvalue weighted by atomic mass is 16.5. The summed E-state index contributed by atoms with van der Waals surface area (Å²) in [6.45, 7) is 2.37. The first kappa shape index (κ1) is 9.45. The number of imidazole rings is 1. The summed E-state index contributed by atoms with van der Waals surface area (Å²) in [7, 11) is 0. The van der Waals surface area contributed by atoms with Gasteiger partial charge >= 0.3 is 0 Å². The van der Waals surface area contributed by atoms with Crippen LogP contribution in [-0.4, -0.2) is 26.5 Å². The van der Waals surface area contributed by atoms with Gasteiger partial charge in [0, 0.05) is 0 Å². The summed E-state index contributed by atoms with van der Waals surface area (Å²) < 4.78 is 5.41. The normalized spacial score (nSPS) is 11.3. The summed E-state index contributed by atoms with van der Waals surface area (Å²) in [5.41, 5.74) is 6.69. The molecular weight excluding hydrogens is 194 g/mol. The van der Waals surface area contributed by atoms with Crippen molar-refractivity contribution in [1.82, 2.24) is 19.9 Å². The summed E-state index contributed by atoms with van der Waals surface area (Å²) >= 11 is 0. The number of anilines is 1. The lowest BCUT2D eigenvalue weighted by molar-refractivity contribution is 0.352. The van der Waals surface area contributed by atoms with Crippen LogP contribution in [0.25, 0.3) is 11.2 Å². The van der Waals surface area contributed by atoms with Crippen molar-refractivity contribution in [1.29, 1.82) is 0 Å². The van der Waals surface area contributed by atoms with Gasteiger partial charge in [-0.2, -0.15) is 9.97 Å². The molecule has 78 valence electrons. The molecule has 0 spiro atoms. The van der Waals surface area contributed by atoms with Crippen LogP contribution in [0.15, 0.2) is 18.5 Å². The second-order valence-electron chi connectivity index (χ2n) is 2.87. The first-order chi connectivity index (χ1) is 7.31. The molecule has 0 unspecified atom stereocenters. The van der Waals surface area contributed by atoms with Crippen molar-refractivity contribution in [3.63, 3.8) is 0 Å². The Bertz CT molecular complexity index is 490. The van der Waals surface area contributed by atoms with Gasteiger partial charge in [0.05, 0.1) is 6.33 Å². The van der Waals surface area contributed by atoms with Crippen LogP contribution in [0.3, 0.4) is 0 Å². The molecule has 2 aromatic rings. The van der Waals surface area contributed by atoms with Crippen LogP contribution in [0.2, 0.25) is 0 Å². The fourth-order valence-electron chi connectivity index (χ4n) is 1.15. The van der Waals surface area contributed by atoms with E-state index in [1.165, 1.54) is 6.33 Å². The van der Waals surface area contributed by atoms with Gasteiger partial charge in [-0.05, 0) is 6.92 Å². The summed E-state index contributed by atoms with van der Waals surface area (Å²) in [5, 5.41) is 0. The number of ether oxygens (including phenoxy) is 1. The molecule has 15 heavy (non-hydrogen) atoms. The second-order valence-corrected chi connectivity index (χ2v) is 2.87. The molecule has 0 aliphatic carbocycles. The first-order valence-electron chi connectivity index (χ1n) is 4.52. The quantitative estimate of drug-likeness (QED) is 0.726. The summed E-state index contributed by atoms with van der Waals surface area (Å²) in [4.78, 5) is 14.8. The molecule has 6 heteroatoms. The molecule has 0 fully saturated rings. The van der Waals surface area contributed by atoms with Crippen molar-refractivity contribution in [2.75, 3.05) is 12.3 Å². The third-order valence-corrected chi connectivity index (χ3v) is 1.82. The van der Waals surface area contributed by atoms with Crippen LogP contribution < -0.4 is 10.5 Å². The van der Waals surface area contributed by atoms with Gasteiger partial charge in [0.1, 0.15) is 12.1 Å². The van der Waals surface area contributed by atoms with Crippen LogP contribution in [0.4, 0.5) is 5.95 Å². The minimum Gasteiger partial charge on any atom is -0.472 e. The molecule has 0 atom stereocenters. The molecule has 0 aliphatic rings. The lowest BCUT2D eigenvalue weighted by atomic mass is 10.5. The number of aromatic amines is 1. The molecule has 2 rings (SSSR count). The van der Waals surface area contributed by atoms with E-state index in [0.29, 0.717) is 23.7 Å². The number of nitrogens with one attached hydrogen (secondary N) is 1. The van der Waals surface area contributed by atoms with E-state index in [4.69, 9.17) is 10.5 Å². The zero-order valence-corrected chi connectivity index (χ0v) is 8.27. The number of aromatic nitrogens is 4. The zero-order valence-electron chi connectivity index (χ0n) is 8.27. The minimum absolute atomic E-state index is 0.157. The number of nitrogens with two attached hydrogens (primary N) is 1. The van der Waals surface area contributed by atoms with Crippen LogP contribution in [0.1, 0.15) is 6.92 Å². The Labute approximate surface area is 86.2 Å². The van der Waals surface area contributed by atoms with E-state index in [1.54, 1.807) is 0 Å². The summed E-state index contributed by atoms with van der Waals surface area (Å²) in [6.07, 6.45) is 5.30. The van der Waals surface area contributed by atoms with Crippen molar-refractivity contribution in [3.05, 3.63) is 18.5 Å². The number of hydrogen-bond donors (Lipinski definition) is 2. The van der Waals surface area contributed by atoms with Gasteiger partial charge < -0.3 is 15.5 Å². The van der Waals surface area contributed by atoms with Gasteiger partial charge in [-0.1, -0.05) is 12.2 Å². The third-order valence-electron chi connectivity index (χ3n) is 1.82. The average Bonchev–Trinajstić information content (AvgIpc) is 2.65. The Balaban J connectivity index is 2.35. The highest BCUT2D eigenvalue weighted by molar-refractivity contribution is 5.76. The highest BCUT2D eigenvalue weighted by Gasteiger charge is 2.08. The summed E-state index contributed by atoms with van der Waals surface area (Å²) in [5.74, 6) is 0.582. The average molecular weight is 205 g/mol. The molecule has 0 amide bonds. The molecule has 6 nitrogen and oxygen atoms in total. The van der Waals surface area contributed by atoms with Crippen molar-refractivity contribution >= 4 is 17.1 Å². The van der Waals surface area contributed by atoms with Gasteiger partial charge in [0.2, 0.25) is 11.8 Å². The molecule has 3 N–H and O–H groups in total. The second kappa shape index (κ2) is 3.95. The molecular formula is C9H11N5O. The molecule has 2 heterocycles. The summed E-state index contributed by atoms with van der Waals surface area (Å²) in [6, 6.07) is 0. The molecule has 0 aliphatic heterocycles. The SMILES string of the molecule is CC=CCOc1nc(N)nc2nc[nH]c12.